The molecule has 0 bridgehead atoms. The maximum absolute atomic E-state index is 12.2. The molecule has 0 atom stereocenters. The zero-order valence-corrected chi connectivity index (χ0v) is 15.2. The van der Waals surface area contributed by atoms with Crippen molar-refractivity contribution in [1.82, 2.24) is 4.98 Å². The molecule has 0 aliphatic rings. The van der Waals surface area contributed by atoms with E-state index in [0.29, 0.717) is 28.3 Å². The van der Waals surface area contributed by atoms with Gasteiger partial charge in [-0.15, -0.1) is 0 Å². The Balaban J connectivity index is 1.65. The lowest BCUT2D eigenvalue weighted by Gasteiger charge is -2.11. The van der Waals surface area contributed by atoms with Crippen LogP contribution in [0.3, 0.4) is 0 Å². The molecule has 0 saturated heterocycles. The number of thioether (sulfide) groups is 1. The molecule has 9 nitrogen and oxygen atoms in total. The van der Waals surface area contributed by atoms with Crippen molar-refractivity contribution in [2.75, 3.05) is 25.3 Å². The van der Waals surface area contributed by atoms with Gasteiger partial charge in [0.2, 0.25) is 5.91 Å². The number of hydrogen-bond donors (Lipinski definition) is 1. The lowest BCUT2D eigenvalue weighted by atomic mass is 10.2. The second-order valence-corrected chi connectivity index (χ2v) is 6.22. The molecule has 1 heterocycles. The fraction of sp³-hybridized carbons (Fsp3) is 0.176. The molecule has 2 aromatic carbocycles. The average molecular weight is 389 g/mol. The molecule has 1 aromatic heterocycles. The first kappa shape index (κ1) is 18.5. The van der Waals surface area contributed by atoms with Crippen LogP contribution in [0.25, 0.3) is 11.1 Å². The Kier molecular flexibility index (Phi) is 5.46. The molecule has 140 valence electrons. The van der Waals surface area contributed by atoms with Crippen LogP contribution in [0.5, 0.6) is 11.5 Å². The highest BCUT2D eigenvalue weighted by atomic mass is 32.2. The van der Waals surface area contributed by atoms with E-state index in [4.69, 9.17) is 13.9 Å². The van der Waals surface area contributed by atoms with E-state index >= 15 is 0 Å². The number of anilines is 1. The van der Waals surface area contributed by atoms with E-state index in [0.717, 1.165) is 11.8 Å². The number of rotatable bonds is 7. The number of aromatic nitrogens is 1. The minimum atomic E-state index is -0.503. The van der Waals surface area contributed by atoms with Crippen LogP contribution in [0.2, 0.25) is 0 Å². The lowest BCUT2D eigenvalue weighted by molar-refractivity contribution is -0.384. The van der Waals surface area contributed by atoms with Crippen molar-refractivity contribution < 1.29 is 23.6 Å². The topological polar surface area (TPSA) is 117 Å². The molecule has 0 aliphatic heterocycles. The summed E-state index contributed by atoms with van der Waals surface area (Å²) in [5.74, 6) is 0.850. The molecule has 27 heavy (non-hydrogen) atoms. The van der Waals surface area contributed by atoms with Crippen molar-refractivity contribution in [2.45, 2.75) is 5.22 Å². The van der Waals surface area contributed by atoms with E-state index in [1.165, 1.54) is 25.3 Å². The quantitative estimate of drug-likeness (QED) is 0.371. The van der Waals surface area contributed by atoms with Crippen molar-refractivity contribution >= 4 is 40.1 Å². The van der Waals surface area contributed by atoms with E-state index in [1.807, 2.05) is 0 Å². The maximum atomic E-state index is 12.2. The van der Waals surface area contributed by atoms with Crippen LogP contribution in [0.1, 0.15) is 0 Å². The van der Waals surface area contributed by atoms with Gasteiger partial charge in [0.1, 0.15) is 17.0 Å². The minimum absolute atomic E-state index is 0.0457. The first-order chi connectivity index (χ1) is 13.0. The molecule has 0 aliphatic carbocycles. The fourth-order valence-corrected chi connectivity index (χ4v) is 2.92. The van der Waals surface area contributed by atoms with Gasteiger partial charge in [0.05, 0.1) is 30.6 Å². The van der Waals surface area contributed by atoms with Crippen molar-refractivity contribution in [1.29, 1.82) is 0 Å². The lowest BCUT2D eigenvalue weighted by Crippen LogP contribution is -2.14. The highest BCUT2D eigenvalue weighted by molar-refractivity contribution is 7.99. The first-order valence-electron chi connectivity index (χ1n) is 7.70. The molecular weight excluding hydrogens is 374 g/mol. The predicted molar refractivity (Wildman–Crippen MR) is 99.6 cm³/mol. The first-order valence-corrected chi connectivity index (χ1v) is 8.68. The Morgan fingerprint density at radius 2 is 2.07 bits per heavy atom. The van der Waals surface area contributed by atoms with Crippen LogP contribution in [0.15, 0.2) is 46.0 Å². The molecule has 0 fully saturated rings. The van der Waals surface area contributed by atoms with E-state index in [9.17, 15) is 14.9 Å². The molecule has 0 saturated carbocycles. The number of nitrogens with one attached hydrogen (secondary N) is 1. The van der Waals surface area contributed by atoms with Gasteiger partial charge in [-0.05, 0) is 18.2 Å². The van der Waals surface area contributed by atoms with Crippen molar-refractivity contribution in [2.24, 2.45) is 0 Å². The van der Waals surface area contributed by atoms with Gasteiger partial charge in [-0.1, -0.05) is 11.8 Å². The molecule has 1 N–H and O–H groups in total. The van der Waals surface area contributed by atoms with Crippen LogP contribution in [-0.2, 0) is 4.79 Å². The Bertz CT molecular complexity index is 1000. The summed E-state index contributed by atoms with van der Waals surface area (Å²) >= 11 is 1.08. The number of non-ortho nitro benzene ring substituents is 1. The molecule has 3 rings (SSSR count). The van der Waals surface area contributed by atoms with Crippen LogP contribution >= 0.6 is 11.8 Å². The van der Waals surface area contributed by atoms with E-state index < -0.39 is 4.92 Å². The number of methoxy groups -OCH3 is 2. The Morgan fingerprint density at radius 1 is 1.26 bits per heavy atom. The second-order valence-electron chi connectivity index (χ2n) is 5.29. The number of nitro groups is 1. The smallest absolute Gasteiger partial charge is 0.271 e. The van der Waals surface area contributed by atoms with Crippen molar-refractivity contribution in [3.05, 3.63) is 46.5 Å². The summed E-state index contributed by atoms with van der Waals surface area (Å²) in [5.41, 5.74) is 1.22. The highest BCUT2D eigenvalue weighted by Crippen LogP contribution is 2.30. The van der Waals surface area contributed by atoms with Gasteiger partial charge in [0.25, 0.3) is 10.9 Å². The second kappa shape index (κ2) is 7.96. The standard InChI is InChI=1S/C17H15N3O6S/c1-24-11-4-5-12(15(8-11)25-2)18-16(21)9-27-17-19-13-7-10(20(22)23)3-6-14(13)26-17/h3-8H,9H2,1-2H3,(H,18,21). The third-order valence-corrected chi connectivity index (χ3v) is 4.40. The molecule has 1 amide bonds. The number of carbonyl (C=O) groups is 1. The summed E-state index contributed by atoms with van der Waals surface area (Å²) in [4.78, 5) is 26.7. The summed E-state index contributed by atoms with van der Waals surface area (Å²) in [5, 5.41) is 13.8. The van der Waals surface area contributed by atoms with Gasteiger partial charge < -0.3 is 19.2 Å². The number of carbonyl (C=O) groups excluding carboxylic acids is 1. The molecular formula is C17H15N3O6S. The zero-order valence-electron chi connectivity index (χ0n) is 14.4. The monoisotopic (exact) mass is 389 g/mol. The van der Waals surface area contributed by atoms with Gasteiger partial charge in [-0.2, -0.15) is 0 Å². The number of amides is 1. The number of ether oxygens (including phenoxy) is 2. The van der Waals surface area contributed by atoms with E-state index in [-0.39, 0.29) is 22.6 Å². The summed E-state index contributed by atoms with van der Waals surface area (Å²) in [6.45, 7) is 0. The molecule has 0 unspecified atom stereocenters. The van der Waals surface area contributed by atoms with Gasteiger partial charge in [-0.3, -0.25) is 14.9 Å². The normalized spacial score (nSPS) is 10.6. The van der Waals surface area contributed by atoms with Gasteiger partial charge in [0.15, 0.2) is 5.58 Å². The molecule has 3 aromatic rings. The summed E-state index contributed by atoms with van der Waals surface area (Å²) < 4.78 is 15.8. The summed E-state index contributed by atoms with van der Waals surface area (Å²) in [6, 6.07) is 9.19. The molecule has 10 heteroatoms. The number of nitro benzene ring substituents is 1. The third kappa shape index (κ3) is 4.29. The Labute approximate surface area is 157 Å². The van der Waals surface area contributed by atoms with Crippen LogP contribution < -0.4 is 14.8 Å². The predicted octanol–water partition coefficient (Wildman–Crippen LogP) is 3.48. The van der Waals surface area contributed by atoms with Crippen molar-refractivity contribution in [3.63, 3.8) is 0 Å². The maximum Gasteiger partial charge on any atom is 0.271 e. The average Bonchev–Trinajstić information content (AvgIpc) is 3.08. The zero-order chi connectivity index (χ0) is 19.4. The Morgan fingerprint density at radius 3 is 2.78 bits per heavy atom. The number of fused-ring (bicyclic) bond motifs is 1. The minimum Gasteiger partial charge on any atom is -0.497 e. The highest BCUT2D eigenvalue weighted by Gasteiger charge is 2.14. The van der Waals surface area contributed by atoms with Gasteiger partial charge in [0, 0.05) is 18.2 Å². The van der Waals surface area contributed by atoms with Gasteiger partial charge in [-0.25, -0.2) is 4.98 Å². The summed E-state index contributed by atoms with van der Waals surface area (Å²) in [6.07, 6.45) is 0. The number of benzene rings is 2. The van der Waals surface area contributed by atoms with E-state index in [1.54, 1.807) is 25.3 Å². The third-order valence-electron chi connectivity index (χ3n) is 3.57. The summed E-state index contributed by atoms with van der Waals surface area (Å²) in [7, 11) is 3.04. The van der Waals surface area contributed by atoms with Crippen LogP contribution in [-0.4, -0.2) is 35.8 Å². The fourth-order valence-electron chi connectivity index (χ4n) is 2.29. The molecule has 0 radical (unpaired) electrons. The van der Waals surface area contributed by atoms with Crippen LogP contribution in [0.4, 0.5) is 11.4 Å². The Hall–Kier alpha value is -3.27. The number of hydrogen-bond acceptors (Lipinski definition) is 8. The van der Waals surface area contributed by atoms with Crippen LogP contribution in [0, 0.1) is 10.1 Å². The van der Waals surface area contributed by atoms with Gasteiger partial charge >= 0.3 is 0 Å². The SMILES string of the molecule is COc1ccc(NC(=O)CSc2nc3cc([N+](=O)[O-])ccc3o2)c(OC)c1. The van der Waals surface area contributed by atoms with E-state index in [2.05, 4.69) is 10.3 Å². The number of nitrogens with zero attached hydrogens (tertiary/aromatic N) is 2. The largest absolute Gasteiger partial charge is 0.497 e. The number of oxazole rings is 1. The molecule has 0 spiro atoms. The van der Waals surface area contributed by atoms with Crippen molar-refractivity contribution in [3.8, 4) is 11.5 Å².